The van der Waals surface area contributed by atoms with Gasteiger partial charge in [-0.1, -0.05) is 97.6 Å². The summed E-state index contributed by atoms with van der Waals surface area (Å²) in [6.07, 6.45) is 3.14. The van der Waals surface area contributed by atoms with Gasteiger partial charge in [0.25, 0.3) is 0 Å². The second-order valence-corrected chi connectivity index (χ2v) is 7.26. The smallest absolute Gasteiger partial charge is 0.112 e. The molecule has 0 radical (unpaired) electrons. The van der Waals surface area contributed by atoms with Crippen molar-refractivity contribution in [3.63, 3.8) is 0 Å². The molecular formula is C25H28N+. The third-order valence-electron chi connectivity index (χ3n) is 5.13. The van der Waals surface area contributed by atoms with Gasteiger partial charge < -0.3 is 4.48 Å². The fourth-order valence-corrected chi connectivity index (χ4v) is 3.71. The van der Waals surface area contributed by atoms with E-state index in [1.165, 1.54) is 16.7 Å². The lowest BCUT2D eigenvalue weighted by atomic mass is 10.00. The van der Waals surface area contributed by atoms with Crippen LogP contribution in [0.25, 0.3) is 0 Å². The molecule has 0 aliphatic rings. The highest BCUT2D eigenvalue weighted by Gasteiger charge is 2.31. The molecule has 0 heterocycles. The Kier molecular flexibility index (Phi) is 6.04. The lowest BCUT2D eigenvalue weighted by molar-refractivity contribution is -0.952. The Morgan fingerprint density at radius 1 is 0.692 bits per heavy atom. The Labute approximate surface area is 157 Å². The summed E-state index contributed by atoms with van der Waals surface area (Å²) in [4.78, 5) is 0. The molecule has 1 nitrogen and oxygen atoms in total. The summed E-state index contributed by atoms with van der Waals surface area (Å²) >= 11 is 0. The van der Waals surface area contributed by atoms with Crippen molar-refractivity contribution in [1.29, 1.82) is 0 Å². The monoisotopic (exact) mass is 342 g/mol. The Balaban J connectivity index is 1.90. The van der Waals surface area contributed by atoms with Crippen molar-refractivity contribution in [1.82, 2.24) is 0 Å². The van der Waals surface area contributed by atoms with Gasteiger partial charge in [0.05, 0.1) is 7.05 Å². The quantitative estimate of drug-likeness (QED) is 0.367. The highest BCUT2D eigenvalue weighted by Crippen LogP contribution is 2.25. The van der Waals surface area contributed by atoms with E-state index in [-0.39, 0.29) is 0 Å². The molecule has 1 atom stereocenters. The molecule has 0 saturated heterocycles. The summed E-state index contributed by atoms with van der Waals surface area (Å²) < 4.78 is 0.909. The van der Waals surface area contributed by atoms with E-state index in [4.69, 9.17) is 0 Å². The molecule has 1 heteroatoms. The largest absolute Gasteiger partial charge is 0.313 e. The van der Waals surface area contributed by atoms with Crippen molar-refractivity contribution in [3.8, 4) is 0 Å². The maximum Gasteiger partial charge on any atom is 0.112 e. The first-order valence-corrected chi connectivity index (χ1v) is 9.28. The van der Waals surface area contributed by atoms with Gasteiger partial charge in [-0.3, -0.25) is 0 Å². The zero-order valence-corrected chi connectivity index (χ0v) is 15.6. The fraction of sp³-hybridized carbons (Fsp3) is 0.200. The maximum atomic E-state index is 4.19. The molecule has 0 aliphatic heterocycles. The van der Waals surface area contributed by atoms with E-state index in [1.807, 2.05) is 0 Å². The summed E-state index contributed by atoms with van der Waals surface area (Å²) in [5.41, 5.74) is 4.10. The SMILES string of the molecule is C=CC(Cc1ccccc1)[N+](C)(Cc1ccccc1)Cc1ccccc1. The molecule has 3 aromatic carbocycles. The Morgan fingerprint density at radius 3 is 1.46 bits per heavy atom. The van der Waals surface area contributed by atoms with Crippen LogP contribution in [0.2, 0.25) is 0 Å². The van der Waals surface area contributed by atoms with Crippen molar-refractivity contribution in [2.75, 3.05) is 7.05 Å². The van der Waals surface area contributed by atoms with E-state index >= 15 is 0 Å². The first-order chi connectivity index (χ1) is 12.7. The van der Waals surface area contributed by atoms with Gasteiger partial charge in [-0.15, -0.1) is 0 Å². The van der Waals surface area contributed by atoms with Crippen molar-refractivity contribution in [2.24, 2.45) is 0 Å². The maximum absolute atomic E-state index is 4.19. The Bertz CT molecular complexity index is 752. The normalized spacial score (nSPS) is 12.5. The fourth-order valence-electron chi connectivity index (χ4n) is 3.71. The highest BCUT2D eigenvalue weighted by molar-refractivity contribution is 5.18. The molecule has 1 unspecified atom stereocenters. The van der Waals surface area contributed by atoms with Crippen LogP contribution < -0.4 is 0 Å². The van der Waals surface area contributed by atoms with Gasteiger partial charge in [-0.05, 0) is 11.6 Å². The number of benzene rings is 3. The summed E-state index contributed by atoms with van der Waals surface area (Å²) in [5.74, 6) is 0. The van der Waals surface area contributed by atoms with Crippen LogP contribution in [-0.2, 0) is 19.5 Å². The van der Waals surface area contributed by atoms with Gasteiger partial charge >= 0.3 is 0 Å². The summed E-state index contributed by atoms with van der Waals surface area (Å²) in [6, 6.07) is 32.7. The van der Waals surface area contributed by atoms with Gasteiger partial charge in [-0.25, -0.2) is 0 Å². The Hall–Kier alpha value is -2.64. The van der Waals surface area contributed by atoms with E-state index in [1.54, 1.807) is 0 Å². The molecule has 0 spiro atoms. The minimum Gasteiger partial charge on any atom is -0.313 e. The predicted molar refractivity (Wildman–Crippen MR) is 111 cm³/mol. The molecule has 0 bridgehead atoms. The summed E-state index contributed by atoms with van der Waals surface area (Å²) in [6.45, 7) is 6.16. The molecule has 0 N–H and O–H groups in total. The molecule has 3 aromatic rings. The number of likely N-dealkylation sites (N-methyl/N-ethyl adjacent to an activating group) is 1. The average Bonchev–Trinajstić information content (AvgIpc) is 2.68. The van der Waals surface area contributed by atoms with E-state index in [0.717, 1.165) is 24.0 Å². The minimum atomic E-state index is 0.345. The van der Waals surface area contributed by atoms with Gasteiger partial charge in [0.1, 0.15) is 19.1 Å². The predicted octanol–water partition coefficient (Wildman–Crippen LogP) is 5.63. The second-order valence-electron chi connectivity index (χ2n) is 7.26. The molecule has 0 aromatic heterocycles. The van der Waals surface area contributed by atoms with Crippen molar-refractivity contribution in [2.45, 2.75) is 25.6 Å². The van der Waals surface area contributed by atoms with Crippen LogP contribution in [0, 0.1) is 0 Å². The van der Waals surface area contributed by atoms with Crippen LogP contribution in [0.4, 0.5) is 0 Å². The molecule has 3 rings (SSSR count). The zero-order chi connectivity index (χ0) is 18.2. The van der Waals surface area contributed by atoms with Crippen LogP contribution in [0.1, 0.15) is 16.7 Å². The molecule has 132 valence electrons. The second kappa shape index (κ2) is 8.64. The van der Waals surface area contributed by atoms with Crippen LogP contribution in [0.5, 0.6) is 0 Å². The van der Waals surface area contributed by atoms with Crippen LogP contribution in [-0.4, -0.2) is 17.6 Å². The van der Waals surface area contributed by atoms with Crippen molar-refractivity contribution < 1.29 is 4.48 Å². The average molecular weight is 343 g/mol. The number of nitrogens with zero attached hydrogens (tertiary/aromatic N) is 1. The van der Waals surface area contributed by atoms with Gasteiger partial charge in [0, 0.05) is 17.5 Å². The molecule has 0 amide bonds. The molecular weight excluding hydrogens is 314 g/mol. The number of quaternary nitrogens is 1. The lowest BCUT2D eigenvalue weighted by Gasteiger charge is -2.41. The number of hydrogen-bond donors (Lipinski definition) is 0. The topological polar surface area (TPSA) is 0 Å². The van der Waals surface area contributed by atoms with Gasteiger partial charge in [-0.2, -0.15) is 0 Å². The summed E-state index contributed by atoms with van der Waals surface area (Å²) in [7, 11) is 2.36. The van der Waals surface area contributed by atoms with E-state index < -0.39 is 0 Å². The van der Waals surface area contributed by atoms with Crippen LogP contribution in [0.15, 0.2) is 104 Å². The number of rotatable bonds is 8. The lowest BCUT2D eigenvalue weighted by Crippen LogP contribution is -2.51. The van der Waals surface area contributed by atoms with E-state index in [0.29, 0.717) is 6.04 Å². The first kappa shape index (κ1) is 18.2. The van der Waals surface area contributed by atoms with E-state index in [9.17, 15) is 0 Å². The van der Waals surface area contributed by atoms with Crippen molar-refractivity contribution in [3.05, 3.63) is 120 Å². The minimum absolute atomic E-state index is 0.345. The molecule has 0 saturated carbocycles. The molecule has 0 aliphatic carbocycles. The Morgan fingerprint density at radius 2 is 1.08 bits per heavy atom. The molecule has 0 fully saturated rings. The third kappa shape index (κ3) is 4.71. The standard InChI is InChI=1S/C25H28N/c1-3-25(19-22-13-7-4-8-14-22)26(2,20-23-15-9-5-10-16-23)21-24-17-11-6-12-18-24/h3-18,25H,1,19-21H2,2H3/q+1. The molecule has 26 heavy (non-hydrogen) atoms. The zero-order valence-electron chi connectivity index (χ0n) is 15.6. The number of hydrogen-bond acceptors (Lipinski definition) is 0. The van der Waals surface area contributed by atoms with Gasteiger partial charge in [0.2, 0.25) is 0 Å². The van der Waals surface area contributed by atoms with Crippen molar-refractivity contribution >= 4 is 0 Å². The third-order valence-corrected chi connectivity index (χ3v) is 5.13. The highest BCUT2D eigenvalue weighted by atomic mass is 15.4. The van der Waals surface area contributed by atoms with E-state index in [2.05, 4.69) is 111 Å². The van der Waals surface area contributed by atoms with Crippen LogP contribution >= 0.6 is 0 Å². The first-order valence-electron chi connectivity index (χ1n) is 9.28. The van der Waals surface area contributed by atoms with Gasteiger partial charge in [0.15, 0.2) is 0 Å². The summed E-state index contributed by atoms with van der Waals surface area (Å²) in [5, 5.41) is 0. The van der Waals surface area contributed by atoms with Crippen LogP contribution in [0.3, 0.4) is 0 Å².